The minimum Gasteiger partial charge on any atom is -0.338 e. The molecular weight excluding hydrogens is 470 g/mol. The SMILES string of the molecule is C#CCNC(=O)N1CCN(C(=O)CN(SC)C2CCN(C(C)c3cccc4ccccc34)CC2)CC1. The molecule has 1 atom stereocenters. The van der Waals surface area contributed by atoms with Gasteiger partial charge in [-0.25, -0.2) is 9.10 Å². The Morgan fingerprint density at radius 1 is 1.06 bits per heavy atom. The summed E-state index contributed by atoms with van der Waals surface area (Å²) in [6, 6.07) is 15.8. The number of nitrogens with zero attached hydrogens (tertiary/aromatic N) is 4. The summed E-state index contributed by atoms with van der Waals surface area (Å²) in [5.74, 6) is 2.55. The number of benzene rings is 2. The van der Waals surface area contributed by atoms with Crippen LogP contribution in [-0.2, 0) is 4.79 Å². The van der Waals surface area contributed by atoms with Crippen LogP contribution in [0.2, 0.25) is 0 Å². The van der Waals surface area contributed by atoms with E-state index in [9.17, 15) is 9.59 Å². The summed E-state index contributed by atoms with van der Waals surface area (Å²) in [6.07, 6.45) is 9.37. The molecule has 0 saturated carbocycles. The van der Waals surface area contributed by atoms with E-state index in [0.717, 1.165) is 25.9 Å². The van der Waals surface area contributed by atoms with Crippen LogP contribution in [0.1, 0.15) is 31.4 Å². The van der Waals surface area contributed by atoms with Crippen molar-refractivity contribution in [3.05, 3.63) is 48.0 Å². The summed E-state index contributed by atoms with van der Waals surface area (Å²) in [4.78, 5) is 31.3. The number of urea groups is 1. The second-order valence-electron chi connectivity index (χ2n) is 9.50. The van der Waals surface area contributed by atoms with Gasteiger partial charge in [0.15, 0.2) is 0 Å². The Labute approximate surface area is 219 Å². The quantitative estimate of drug-likeness (QED) is 0.460. The molecule has 192 valence electrons. The van der Waals surface area contributed by atoms with Crippen LogP contribution in [0.5, 0.6) is 0 Å². The number of amides is 3. The second-order valence-corrected chi connectivity index (χ2v) is 10.3. The van der Waals surface area contributed by atoms with Gasteiger partial charge < -0.3 is 15.1 Å². The highest BCUT2D eigenvalue weighted by Gasteiger charge is 2.31. The predicted molar refractivity (Wildman–Crippen MR) is 148 cm³/mol. The van der Waals surface area contributed by atoms with Crippen molar-refractivity contribution in [1.82, 2.24) is 24.3 Å². The van der Waals surface area contributed by atoms with Crippen LogP contribution in [0.25, 0.3) is 10.8 Å². The normalized spacial score (nSPS) is 18.3. The van der Waals surface area contributed by atoms with E-state index in [1.807, 2.05) is 4.90 Å². The summed E-state index contributed by atoms with van der Waals surface area (Å²) < 4.78 is 2.26. The molecule has 4 rings (SSSR count). The first-order valence-corrected chi connectivity index (χ1v) is 14.0. The number of terminal acetylenes is 1. The topological polar surface area (TPSA) is 59.1 Å². The number of piperidine rings is 1. The first-order chi connectivity index (χ1) is 17.5. The Morgan fingerprint density at radius 3 is 2.42 bits per heavy atom. The maximum atomic E-state index is 13.1. The van der Waals surface area contributed by atoms with Gasteiger partial charge in [0.1, 0.15) is 0 Å². The number of fused-ring (bicyclic) bond motifs is 1. The van der Waals surface area contributed by atoms with Gasteiger partial charge in [-0.3, -0.25) is 9.69 Å². The first-order valence-electron chi connectivity index (χ1n) is 12.8. The predicted octanol–water partition coefficient (Wildman–Crippen LogP) is 3.43. The molecule has 2 aromatic rings. The summed E-state index contributed by atoms with van der Waals surface area (Å²) in [6.45, 7) is 7.17. The van der Waals surface area contributed by atoms with Gasteiger partial charge in [-0.15, -0.1) is 6.42 Å². The van der Waals surface area contributed by atoms with E-state index in [1.165, 1.54) is 16.3 Å². The summed E-state index contributed by atoms with van der Waals surface area (Å²) in [5.41, 5.74) is 1.38. The smallest absolute Gasteiger partial charge is 0.318 e. The van der Waals surface area contributed by atoms with Crippen LogP contribution in [-0.4, -0.2) is 95.6 Å². The highest BCUT2D eigenvalue weighted by atomic mass is 32.2. The van der Waals surface area contributed by atoms with E-state index in [1.54, 1.807) is 16.8 Å². The zero-order valence-corrected chi connectivity index (χ0v) is 22.2. The van der Waals surface area contributed by atoms with Crippen molar-refractivity contribution in [3.8, 4) is 12.3 Å². The van der Waals surface area contributed by atoms with Crippen molar-refractivity contribution >= 4 is 34.7 Å². The molecule has 2 saturated heterocycles. The summed E-state index contributed by atoms with van der Waals surface area (Å²) in [5, 5.41) is 5.32. The number of piperazine rings is 1. The van der Waals surface area contributed by atoms with Gasteiger partial charge in [0, 0.05) is 51.4 Å². The third-order valence-electron chi connectivity index (χ3n) is 7.51. The Balaban J connectivity index is 1.27. The van der Waals surface area contributed by atoms with Crippen LogP contribution in [0, 0.1) is 12.3 Å². The lowest BCUT2D eigenvalue weighted by Gasteiger charge is -2.41. The molecule has 2 aliphatic heterocycles. The number of carbonyl (C=O) groups is 2. The Hall–Kier alpha value is -2.73. The zero-order chi connectivity index (χ0) is 25.5. The van der Waals surface area contributed by atoms with Gasteiger partial charge in [-0.1, -0.05) is 60.3 Å². The maximum Gasteiger partial charge on any atom is 0.318 e. The van der Waals surface area contributed by atoms with Crippen LogP contribution >= 0.6 is 11.9 Å². The lowest BCUT2D eigenvalue weighted by atomic mass is 9.96. The molecule has 36 heavy (non-hydrogen) atoms. The van der Waals surface area contributed by atoms with Gasteiger partial charge in [0.05, 0.1) is 13.1 Å². The van der Waals surface area contributed by atoms with Crippen molar-refractivity contribution in [2.75, 3.05) is 58.6 Å². The minimum absolute atomic E-state index is 0.139. The molecule has 2 aliphatic rings. The van der Waals surface area contributed by atoms with Crippen LogP contribution in [0.3, 0.4) is 0 Å². The average Bonchev–Trinajstić information content (AvgIpc) is 2.94. The fourth-order valence-electron chi connectivity index (χ4n) is 5.35. The van der Waals surface area contributed by atoms with E-state index in [4.69, 9.17) is 6.42 Å². The van der Waals surface area contributed by atoms with Crippen molar-refractivity contribution in [1.29, 1.82) is 0 Å². The zero-order valence-electron chi connectivity index (χ0n) is 21.4. The molecular formula is C28H37N5O2S. The third kappa shape index (κ3) is 6.15. The molecule has 7 nitrogen and oxygen atoms in total. The fourth-order valence-corrected chi connectivity index (χ4v) is 6.09. The average molecular weight is 508 g/mol. The Bertz CT molecular complexity index is 1080. The maximum absolute atomic E-state index is 13.1. The molecule has 8 heteroatoms. The van der Waals surface area contributed by atoms with Crippen molar-refractivity contribution < 1.29 is 9.59 Å². The third-order valence-corrected chi connectivity index (χ3v) is 8.41. The molecule has 2 aromatic carbocycles. The standard InChI is InChI=1S/C28H37N5O2S/c1-4-14-29-28(35)32-19-17-31(18-20-32)27(34)21-33(36-3)24-12-15-30(16-13-24)22(2)25-11-7-9-23-8-5-6-10-26(23)25/h1,5-11,22,24H,12-21H2,2-3H3,(H,29,35). The largest absolute Gasteiger partial charge is 0.338 e. The van der Waals surface area contributed by atoms with E-state index in [-0.39, 0.29) is 18.5 Å². The highest BCUT2D eigenvalue weighted by Crippen LogP contribution is 2.31. The van der Waals surface area contributed by atoms with Gasteiger partial charge in [0.25, 0.3) is 0 Å². The number of hydrogen-bond donors (Lipinski definition) is 1. The molecule has 0 aromatic heterocycles. The van der Waals surface area contributed by atoms with Gasteiger partial charge in [0.2, 0.25) is 5.91 Å². The molecule has 2 heterocycles. The van der Waals surface area contributed by atoms with E-state index in [0.29, 0.717) is 44.8 Å². The molecule has 2 fully saturated rings. The molecule has 0 bridgehead atoms. The number of nitrogens with one attached hydrogen (secondary N) is 1. The minimum atomic E-state index is -0.157. The van der Waals surface area contributed by atoms with Crippen LogP contribution in [0.15, 0.2) is 42.5 Å². The van der Waals surface area contributed by atoms with Gasteiger partial charge in [-0.05, 0) is 42.4 Å². The Morgan fingerprint density at radius 2 is 1.72 bits per heavy atom. The molecule has 1 N–H and O–H groups in total. The molecule has 1 unspecified atom stereocenters. The number of likely N-dealkylation sites (tertiary alicyclic amines) is 1. The van der Waals surface area contributed by atoms with Crippen molar-refractivity contribution in [3.63, 3.8) is 0 Å². The molecule has 0 spiro atoms. The van der Waals surface area contributed by atoms with Gasteiger partial charge >= 0.3 is 6.03 Å². The second kappa shape index (κ2) is 12.5. The van der Waals surface area contributed by atoms with E-state index in [2.05, 4.69) is 76.1 Å². The highest BCUT2D eigenvalue weighted by molar-refractivity contribution is 7.96. The molecule has 3 amide bonds. The van der Waals surface area contributed by atoms with E-state index < -0.39 is 0 Å². The van der Waals surface area contributed by atoms with Gasteiger partial charge in [-0.2, -0.15) is 0 Å². The molecule has 0 radical (unpaired) electrons. The Kier molecular flexibility index (Phi) is 9.13. The summed E-state index contributed by atoms with van der Waals surface area (Å²) in [7, 11) is 0. The number of carbonyl (C=O) groups excluding carboxylic acids is 2. The van der Waals surface area contributed by atoms with Crippen molar-refractivity contribution in [2.45, 2.75) is 31.8 Å². The van der Waals surface area contributed by atoms with Crippen molar-refractivity contribution in [2.24, 2.45) is 0 Å². The van der Waals surface area contributed by atoms with E-state index >= 15 is 0 Å². The number of rotatable bonds is 7. The first kappa shape index (κ1) is 26.3. The number of hydrogen-bond acceptors (Lipinski definition) is 5. The monoisotopic (exact) mass is 507 g/mol. The lowest BCUT2D eigenvalue weighted by Crippen LogP contribution is -2.55. The fraction of sp³-hybridized carbons (Fsp3) is 0.500. The summed E-state index contributed by atoms with van der Waals surface area (Å²) >= 11 is 1.67. The van der Waals surface area contributed by atoms with Crippen LogP contribution < -0.4 is 5.32 Å². The lowest BCUT2D eigenvalue weighted by molar-refractivity contribution is -0.133. The molecule has 0 aliphatic carbocycles. The van der Waals surface area contributed by atoms with Crippen LogP contribution in [0.4, 0.5) is 4.79 Å².